The summed E-state index contributed by atoms with van der Waals surface area (Å²) in [6, 6.07) is 8.72. The van der Waals surface area contributed by atoms with Gasteiger partial charge in [-0.25, -0.2) is 4.98 Å². The molecule has 0 saturated heterocycles. The Balaban J connectivity index is 0.00000363. The number of nitrogens with zero attached hydrogens (tertiary/aromatic N) is 5. The highest BCUT2D eigenvalue weighted by Crippen LogP contribution is 2.32. The molecule has 1 amide bonds. The first kappa shape index (κ1) is 25.1. The van der Waals surface area contributed by atoms with Gasteiger partial charge < -0.3 is 4.90 Å². The minimum Gasteiger partial charge on any atom is -0.309 e. The predicted molar refractivity (Wildman–Crippen MR) is 126 cm³/mol. The molecule has 0 aliphatic carbocycles. The molecule has 10 nitrogen and oxygen atoms in total. The molecule has 0 saturated carbocycles. The molecule has 0 aliphatic heterocycles. The number of rotatable bonds is 8. The van der Waals surface area contributed by atoms with Crippen molar-refractivity contribution in [1.29, 1.82) is 0 Å². The van der Waals surface area contributed by atoms with Crippen LogP contribution in [0.15, 0.2) is 36.4 Å². The summed E-state index contributed by atoms with van der Waals surface area (Å²) in [6.45, 7) is 2.98. The molecule has 1 aromatic heterocycles. The van der Waals surface area contributed by atoms with Crippen LogP contribution < -0.4 is 4.90 Å². The first-order valence-corrected chi connectivity index (χ1v) is 10.2. The summed E-state index contributed by atoms with van der Waals surface area (Å²) in [7, 11) is 3.83. The molecule has 0 radical (unpaired) electrons. The quantitative estimate of drug-likeness (QED) is 0.345. The SMILES string of the molecule is Cc1ccc2nc(N(CCCN(C)C)C(=O)c3cc([N+](=O)[O-])cc([N+](=O)[O-])c3)sc2c1.Cl. The second-order valence-corrected chi connectivity index (χ2v) is 8.34. The molecule has 32 heavy (non-hydrogen) atoms. The van der Waals surface area contributed by atoms with Crippen molar-refractivity contribution < 1.29 is 14.6 Å². The number of amides is 1. The fraction of sp³-hybridized carbons (Fsp3) is 0.300. The van der Waals surface area contributed by atoms with E-state index in [1.807, 2.05) is 44.1 Å². The molecule has 0 atom stereocenters. The molecule has 2 aromatic carbocycles. The van der Waals surface area contributed by atoms with Crippen molar-refractivity contribution in [3.63, 3.8) is 0 Å². The number of benzene rings is 2. The second kappa shape index (κ2) is 10.4. The van der Waals surface area contributed by atoms with Gasteiger partial charge in [0.1, 0.15) is 0 Å². The van der Waals surface area contributed by atoms with Gasteiger partial charge in [0, 0.05) is 18.7 Å². The minimum absolute atomic E-state index is 0. The number of thiazole rings is 1. The third-order valence-electron chi connectivity index (χ3n) is 4.57. The van der Waals surface area contributed by atoms with E-state index in [1.165, 1.54) is 16.2 Å². The number of aromatic nitrogens is 1. The van der Waals surface area contributed by atoms with Gasteiger partial charge in [-0.15, -0.1) is 12.4 Å². The standard InChI is InChI=1S/C20H21N5O5S.ClH/c1-13-5-6-17-18(9-13)31-20(21-17)23(8-4-7-22(2)3)19(26)14-10-15(24(27)28)12-16(11-14)25(29)30;/h5-6,9-12H,4,7-8H2,1-3H3;1H. The third-order valence-corrected chi connectivity index (χ3v) is 5.61. The number of nitro groups is 2. The van der Waals surface area contributed by atoms with Crippen LogP contribution in [0.25, 0.3) is 10.2 Å². The minimum atomic E-state index is -0.749. The Labute approximate surface area is 194 Å². The maximum absolute atomic E-state index is 13.3. The average Bonchev–Trinajstić information content (AvgIpc) is 3.12. The first-order valence-electron chi connectivity index (χ1n) is 9.43. The highest BCUT2D eigenvalue weighted by Gasteiger charge is 2.26. The van der Waals surface area contributed by atoms with Crippen LogP contribution >= 0.6 is 23.7 Å². The van der Waals surface area contributed by atoms with Gasteiger partial charge in [-0.3, -0.25) is 29.9 Å². The molecule has 0 aliphatic rings. The normalized spacial score (nSPS) is 10.8. The van der Waals surface area contributed by atoms with E-state index in [-0.39, 0.29) is 18.0 Å². The monoisotopic (exact) mass is 479 g/mol. The fourth-order valence-corrected chi connectivity index (χ4v) is 4.14. The van der Waals surface area contributed by atoms with E-state index in [0.29, 0.717) is 24.6 Å². The van der Waals surface area contributed by atoms with E-state index < -0.39 is 27.1 Å². The number of carbonyl (C=O) groups excluding carboxylic acids is 1. The summed E-state index contributed by atoms with van der Waals surface area (Å²) in [6.07, 6.45) is 0.630. The summed E-state index contributed by atoms with van der Waals surface area (Å²) < 4.78 is 0.908. The Morgan fingerprint density at radius 2 is 1.66 bits per heavy atom. The highest BCUT2D eigenvalue weighted by molar-refractivity contribution is 7.22. The first-order chi connectivity index (χ1) is 14.7. The number of anilines is 1. The zero-order valence-corrected chi connectivity index (χ0v) is 19.3. The maximum Gasteiger partial charge on any atom is 0.277 e. The van der Waals surface area contributed by atoms with Crippen LogP contribution in [0.2, 0.25) is 0 Å². The Morgan fingerprint density at radius 1 is 1.03 bits per heavy atom. The van der Waals surface area contributed by atoms with E-state index in [1.54, 1.807) is 0 Å². The highest BCUT2D eigenvalue weighted by atomic mass is 35.5. The van der Waals surface area contributed by atoms with Gasteiger partial charge in [-0.1, -0.05) is 17.4 Å². The predicted octanol–water partition coefficient (Wildman–Crippen LogP) is 4.44. The van der Waals surface area contributed by atoms with E-state index in [9.17, 15) is 25.0 Å². The number of aryl methyl sites for hydroxylation is 1. The number of hydrogen-bond donors (Lipinski definition) is 0. The molecule has 3 aromatic rings. The van der Waals surface area contributed by atoms with Crippen molar-refractivity contribution in [2.24, 2.45) is 0 Å². The van der Waals surface area contributed by atoms with Gasteiger partial charge in [-0.2, -0.15) is 0 Å². The number of fused-ring (bicyclic) bond motifs is 1. The van der Waals surface area contributed by atoms with Crippen LogP contribution in [-0.4, -0.2) is 52.8 Å². The van der Waals surface area contributed by atoms with Crippen molar-refractivity contribution >= 4 is 56.4 Å². The molecule has 12 heteroatoms. The van der Waals surface area contributed by atoms with E-state index in [4.69, 9.17) is 0 Å². The molecule has 0 unspecified atom stereocenters. The van der Waals surface area contributed by atoms with Crippen LogP contribution in [0.4, 0.5) is 16.5 Å². The van der Waals surface area contributed by atoms with Crippen LogP contribution in [0.5, 0.6) is 0 Å². The molecule has 1 heterocycles. The van der Waals surface area contributed by atoms with E-state index in [0.717, 1.165) is 34.0 Å². The summed E-state index contributed by atoms with van der Waals surface area (Å²) in [5, 5.41) is 22.9. The maximum atomic E-state index is 13.3. The Kier molecular flexibility index (Phi) is 8.19. The van der Waals surface area contributed by atoms with Crippen molar-refractivity contribution in [3.8, 4) is 0 Å². The van der Waals surface area contributed by atoms with Gasteiger partial charge in [0.15, 0.2) is 5.13 Å². The number of carbonyl (C=O) groups is 1. The van der Waals surface area contributed by atoms with Gasteiger partial charge >= 0.3 is 0 Å². The van der Waals surface area contributed by atoms with E-state index >= 15 is 0 Å². The van der Waals surface area contributed by atoms with Crippen LogP contribution in [-0.2, 0) is 0 Å². The lowest BCUT2D eigenvalue weighted by Crippen LogP contribution is -2.33. The number of hydrogen-bond acceptors (Lipinski definition) is 8. The molecule has 170 valence electrons. The number of nitro benzene ring substituents is 2. The molecule has 0 N–H and O–H groups in total. The zero-order chi connectivity index (χ0) is 22.7. The Bertz CT molecular complexity index is 1130. The Morgan fingerprint density at radius 3 is 2.22 bits per heavy atom. The molecule has 0 spiro atoms. The summed E-state index contributed by atoms with van der Waals surface area (Å²) in [4.78, 5) is 42.3. The summed E-state index contributed by atoms with van der Waals surface area (Å²) in [5.41, 5.74) is 0.654. The molecular formula is C20H22ClN5O5S. The van der Waals surface area contributed by atoms with Gasteiger partial charge in [0.2, 0.25) is 0 Å². The molecule has 0 bridgehead atoms. The van der Waals surface area contributed by atoms with Crippen molar-refractivity contribution in [3.05, 3.63) is 67.8 Å². The van der Waals surface area contributed by atoms with Crippen molar-refractivity contribution in [1.82, 2.24) is 9.88 Å². The van der Waals surface area contributed by atoms with Crippen LogP contribution in [0.3, 0.4) is 0 Å². The summed E-state index contributed by atoms with van der Waals surface area (Å²) in [5.74, 6) is -0.568. The van der Waals surface area contributed by atoms with Crippen molar-refractivity contribution in [2.75, 3.05) is 32.1 Å². The topological polar surface area (TPSA) is 123 Å². The molecular weight excluding hydrogens is 458 g/mol. The lowest BCUT2D eigenvalue weighted by molar-refractivity contribution is -0.394. The lowest BCUT2D eigenvalue weighted by atomic mass is 10.1. The van der Waals surface area contributed by atoms with Gasteiger partial charge in [-0.05, 0) is 51.7 Å². The zero-order valence-electron chi connectivity index (χ0n) is 17.7. The van der Waals surface area contributed by atoms with Crippen LogP contribution in [0.1, 0.15) is 22.3 Å². The second-order valence-electron chi connectivity index (χ2n) is 7.33. The molecule has 0 fully saturated rings. The lowest BCUT2D eigenvalue weighted by Gasteiger charge is -2.21. The third kappa shape index (κ3) is 5.75. The smallest absolute Gasteiger partial charge is 0.277 e. The molecule has 3 rings (SSSR count). The van der Waals surface area contributed by atoms with Crippen molar-refractivity contribution in [2.45, 2.75) is 13.3 Å². The van der Waals surface area contributed by atoms with Gasteiger partial charge in [0.05, 0.1) is 31.7 Å². The largest absolute Gasteiger partial charge is 0.309 e. The summed E-state index contributed by atoms with van der Waals surface area (Å²) >= 11 is 1.34. The Hall–Kier alpha value is -3.15. The van der Waals surface area contributed by atoms with E-state index in [2.05, 4.69) is 4.98 Å². The fourth-order valence-electron chi connectivity index (χ4n) is 3.05. The number of halogens is 1. The van der Waals surface area contributed by atoms with Gasteiger partial charge in [0.25, 0.3) is 17.3 Å². The number of non-ortho nitro benzene ring substituents is 2. The van der Waals surface area contributed by atoms with Crippen LogP contribution in [0, 0.1) is 27.2 Å². The average molecular weight is 480 g/mol.